The lowest BCUT2D eigenvalue weighted by atomic mass is 9.66. The van der Waals surface area contributed by atoms with Gasteiger partial charge in [-0.25, -0.2) is 0 Å². The van der Waals surface area contributed by atoms with Gasteiger partial charge in [-0.05, 0) is 54.7 Å². The summed E-state index contributed by atoms with van der Waals surface area (Å²) in [6.07, 6.45) is 5.70. The Morgan fingerprint density at radius 1 is 1.10 bits per heavy atom. The first-order chi connectivity index (χ1) is 9.90. The fourth-order valence-corrected chi connectivity index (χ4v) is 3.74. The molecule has 1 heterocycles. The minimum atomic E-state index is -0.690. The van der Waals surface area contributed by atoms with E-state index in [1.54, 1.807) is 0 Å². The van der Waals surface area contributed by atoms with E-state index in [4.69, 9.17) is 0 Å². The fourth-order valence-electron chi connectivity index (χ4n) is 3.74. The van der Waals surface area contributed by atoms with Crippen LogP contribution in [0.3, 0.4) is 0 Å². The predicted octanol–water partition coefficient (Wildman–Crippen LogP) is 4.66. The third-order valence-corrected chi connectivity index (χ3v) is 5.18. The molecule has 1 N–H and O–H groups in total. The Labute approximate surface area is 127 Å². The van der Waals surface area contributed by atoms with Gasteiger partial charge in [0.2, 0.25) is 0 Å². The molecule has 1 aromatic carbocycles. The number of pyridine rings is 1. The van der Waals surface area contributed by atoms with Crippen molar-refractivity contribution in [3.63, 3.8) is 0 Å². The summed E-state index contributed by atoms with van der Waals surface area (Å²) in [5, 5.41) is 12.3. The Kier molecular flexibility index (Phi) is 3.53. The number of aliphatic hydroxyl groups is 1. The van der Waals surface area contributed by atoms with Gasteiger partial charge in [0.15, 0.2) is 0 Å². The summed E-state index contributed by atoms with van der Waals surface area (Å²) in [6.45, 7) is 6.93. The molecule has 0 unspecified atom stereocenters. The quantitative estimate of drug-likeness (QED) is 0.825. The molecule has 0 atom stereocenters. The van der Waals surface area contributed by atoms with Crippen LogP contribution >= 0.6 is 0 Å². The summed E-state index contributed by atoms with van der Waals surface area (Å²) >= 11 is 0. The number of benzene rings is 1. The number of hydrogen-bond acceptors (Lipinski definition) is 2. The highest BCUT2D eigenvalue weighted by molar-refractivity contribution is 5.82. The van der Waals surface area contributed by atoms with E-state index in [-0.39, 0.29) is 0 Å². The smallest absolute Gasteiger partial charge is 0.0903 e. The largest absolute Gasteiger partial charge is 0.385 e. The Morgan fingerprint density at radius 2 is 1.81 bits per heavy atom. The molecule has 1 fully saturated rings. The molecule has 2 aromatic rings. The van der Waals surface area contributed by atoms with Crippen molar-refractivity contribution in [1.82, 2.24) is 4.98 Å². The molecule has 21 heavy (non-hydrogen) atoms. The average molecular weight is 283 g/mol. The van der Waals surface area contributed by atoms with Gasteiger partial charge in [0.05, 0.1) is 11.1 Å². The molecule has 112 valence electrons. The van der Waals surface area contributed by atoms with Gasteiger partial charge in [0, 0.05) is 11.6 Å². The van der Waals surface area contributed by atoms with Gasteiger partial charge < -0.3 is 5.11 Å². The Bertz CT molecular complexity index is 628. The van der Waals surface area contributed by atoms with E-state index in [1.165, 1.54) is 0 Å². The van der Waals surface area contributed by atoms with Crippen molar-refractivity contribution in [3.8, 4) is 0 Å². The predicted molar refractivity (Wildman–Crippen MR) is 87.1 cm³/mol. The molecule has 2 nitrogen and oxygen atoms in total. The lowest BCUT2D eigenvalue weighted by Gasteiger charge is -2.41. The zero-order chi connectivity index (χ0) is 15.1. The van der Waals surface area contributed by atoms with E-state index in [0.29, 0.717) is 11.3 Å². The van der Waals surface area contributed by atoms with Crippen LogP contribution in [0.25, 0.3) is 10.9 Å². The van der Waals surface area contributed by atoms with Gasteiger partial charge in [-0.1, -0.05) is 39.0 Å². The molecular weight excluding hydrogens is 258 g/mol. The Balaban J connectivity index is 1.93. The van der Waals surface area contributed by atoms with E-state index in [1.807, 2.05) is 24.4 Å². The summed E-state index contributed by atoms with van der Waals surface area (Å²) in [5.74, 6) is 0.700. The van der Waals surface area contributed by atoms with Crippen LogP contribution in [0.1, 0.15) is 52.0 Å². The lowest BCUT2D eigenvalue weighted by molar-refractivity contribution is -0.0286. The first-order valence-corrected chi connectivity index (χ1v) is 7.97. The molecule has 0 aliphatic heterocycles. The number of rotatable bonds is 1. The van der Waals surface area contributed by atoms with Gasteiger partial charge >= 0.3 is 0 Å². The molecule has 1 aliphatic carbocycles. The molecule has 1 aromatic heterocycles. The number of fused-ring (bicyclic) bond motifs is 1. The van der Waals surface area contributed by atoms with Crippen LogP contribution in [0, 0.1) is 11.3 Å². The van der Waals surface area contributed by atoms with E-state index >= 15 is 0 Å². The van der Waals surface area contributed by atoms with Gasteiger partial charge in [-0.3, -0.25) is 4.98 Å². The van der Waals surface area contributed by atoms with Crippen LogP contribution < -0.4 is 0 Å². The normalized spacial score (nSPS) is 27.0. The summed E-state index contributed by atoms with van der Waals surface area (Å²) in [5.41, 5.74) is 1.67. The summed E-state index contributed by atoms with van der Waals surface area (Å²) < 4.78 is 0. The molecule has 0 amide bonds. The summed E-state index contributed by atoms with van der Waals surface area (Å²) in [6, 6.07) is 10.1. The van der Waals surface area contributed by atoms with Gasteiger partial charge in [0.25, 0.3) is 0 Å². The third kappa shape index (κ3) is 2.69. The van der Waals surface area contributed by atoms with Crippen LogP contribution in [0.4, 0.5) is 0 Å². The highest BCUT2D eigenvalue weighted by Crippen LogP contribution is 2.46. The second kappa shape index (κ2) is 5.10. The van der Waals surface area contributed by atoms with Crippen LogP contribution in [-0.4, -0.2) is 10.1 Å². The van der Waals surface area contributed by atoms with Crippen LogP contribution in [-0.2, 0) is 5.60 Å². The van der Waals surface area contributed by atoms with Crippen LogP contribution in [0.2, 0.25) is 0 Å². The number of hydrogen-bond donors (Lipinski definition) is 1. The minimum absolute atomic E-state index is 0.335. The van der Waals surface area contributed by atoms with Crippen molar-refractivity contribution in [2.45, 2.75) is 52.1 Å². The zero-order valence-corrected chi connectivity index (χ0v) is 13.3. The minimum Gasteiger partial charge on any atom is -0.385 e. The molecule has 0 radical (unpaired) electrons. The van der Waals surface area contributed by atoms with E-state index in [2.05, 4.69) is 37.9 Å². The zero-order valence-electron chi connectivity index (χ0n) is 13.3. The molecule has 2 heteroatoms. The van der Waals surface area contributed by atoms with Gasteiger partial charge in [0.1, 0.15) is 0 Å². The maximum atomic E-state index is 11.2. The highest BCUT2D eigenvalue weighted by Gasteiger charge is 2.39. The molecule has 1 aliphatic rings. The fraction of sp³-hybridized carbons (Fsp3) is 0.526. The molecular formula is C19H25NO. The molecule has 3 rings (SSSR count). The van der Waals surface area contributed by atoms with Crippen molar-refractivity contribution in [3.05, 3.63) is 42.1 Å². The Hall–Kier alpha value is -1.41. The molecule has 0 bridgehead atoms. The first kappa shape index (κ1) is 14.5. The SMILES string of the molecule is CC(C)(C)C1CCC(O)(c2cccc3ncccc23)CC1. The number of nitrogens with zero attached hydrogens (tertiary/aromatic N) is 1. The highest BCUT2D eigenvalue weighted by atomic mass is 16.3. The van der Waals surface area contributed by atoms with Crippen molar-refractivity contribution in [1.29, 1.82) is 0 Å². The monoisotopic (exact) mass is 283 g/mol. The lowest BCUT2D eigenvalue weighted by Crippen LogP contribution is -2.35. The number of aromatic nitrogens is 1. The van der Waals surface area contributed by atoms with Crippen LogP contribution in [0.5, 0.6) is 0 Å². The average Bonchev–Trinajstić information content (AvgIpc) is 2.46. The molecule has 0 spiro atoms. The van der Waals surface area contributed by atoms with E-state index < -0.39 is 5.60 Å². The maximum absolute atomic E-state index is 11.2. The van der Waals surface area contributed by atoms with Gasteiger partial charge in [-0.15, -0.1) is 0 Å². The molecule has 0 saturated heterocycles. The third-order valence-electron chi connectivity index (χ3n) is 5.18. The summed E-state index contributed by atoms with van der Waals surface area (Å²) in [4.78, 5) is 4.41. The standard InChI is InChI=1S/C19H25NO/c1-18(2,3)14-9-11-19(21,12-10-14)16-7-4-8-17-15(16)6-5-13-20-17/h4-8,13-14,21H,9-12H2,1-3H3. The Morgan fingerprint density at radius 3 is 2.48 bits per heavy atom. The van der Waals surface area contributed by atoms with Crippen molar-refractivity contribution < 1.29 is 5.11 Å². The first-order valence-electron chi connectivity index (χ1n) is 7.97. The van der Waals surface area contributed by atoms with Crippen LogP contribution in [0.15, 0.2) is 36.5 Å². The molecule has 1 saturated carbocycles. The van der Waals surface area contributed by atoms with E-state index in [0.717, 1.165) is 42.1 Å². The van der Waals surface area contributed by atoms with Crippen molar-refractivity contribution in [2.75, 3.05) is 0 Å². The van der Waals surface area contributed by atoms with E-state index in [9.17, 15) is 5.11 Å². The topological polar surface area (TPSA) is 33.1 Å². The van der Waals surface area contributed by atoms with Gasteiger partial charge in [-0.2, -0.15) is 0 Å². The van der Waals surface area contributed by atoms with Crippen molar-refractivity contribution in [2.24, 2.45) is 11.3 Å². The second-order valence-corrected chi connectivity index (χ2v) is 7.55. The second-order valence-electron chi connectivity index (χ2n) is 7.55. The maximum Gasteiger partial charge on any atom is 0.0903 e. The summed E-state index contributed by atoms with van der Waals surface area (Å²) in [7, 11) is 0. The van der Waals surface area contributed by atoms with Crippen molar-refractivity contribution >= 4 is 10.9 Å².